The number of nitrogens with zero attached hydrogens (tertiary/aromatic N) is 6. The lowest BCUT2D eigenvalue weighted by Gasteiger charge is -2.19. The first kappa shape index (κ1) is 24.2. The normalized spacial score (nSPS) is 13.7. The Morgan fingerprint density at radius 1 is 1.16 bits per heavy atom. The maximum Gasteiger partial charge on any atom is 0.209 e. The van der Waals surface area contributed by atoms with Crippen LogP contribution in [0.3, 0.4) is 0 Å². The van der Waals surface area contributed by atoms with Crippen LogP contribution in [-0.4, -0.2) is 55.4 Å². The van der Waals surface area contributed by atoms with Gasteiger partial charge in [-0.05, 0) is 38.1 Å². The number of pyridine rings is 1. The van der Waals surface area contributed by atoms with E-state index in [4.69, 9.17) is 4.74 Å². The Morgan fingerprint density at radius 2 is 1.97 bits per heavy atom. The lowest BCUT2D eigenvalue weighted by molar-refractivity contribution is 0.0715. The van der Waals surface area contributed by atoms with Crippen molar-refractivity contribution in [2.45, 2.75) is 37.4 Å². The number of aromatic nitrogens is 6. The minimum atomic E-state index is -3.73. The quantitative estimate of drug-likeness (QED) is 0.335. The van der Waals surface area contributed by atoms with Gasteiger partial charge >= 0.3 is 0 Å². The van der Waals surface area contributed by atoms with Gasteiger partial charge in [-0.2, -0.15) is 5.10 Å². The molecule has 1 aliphatic rings. The van der Waals surface area contributed by atoms with Crippen LogP contribution in [-0.2, 0) is 28.4 Å². The smallest absolute Gasteiger partial charge is 0.209 e. The van der Waals surface area contributed by atoms with Crippen LogP contribution < -0.4 is 10.1 Å². The van der Waals surface area contributed by atoms with Crippen molar-refractivity contribution in [2.75, 3.05) is 18.2 Å². The molecule has 6 rings (SSSR count). The number of rotatable bonds is 6. The number of hydrogen-bond donors (Lipinski definition) is 2. The Balaban J connectivity index is 1.50. The molecule has 0 fully saturated rings. The molecular formula is C25H24FN7O4S. The number of hydrogen-bond acceptors (Lipinski definition) is 9. The SMILES string of the molecule is CC(C)(O)c1ccc(-c2cnc(NCc3c(F)ccc4c3CCO4)n3cnc(S(C)(=O)=O)c23)c2ncnn12. The van der Waals surface area contributed by atoms with Crippen LogP contribution in [0.15, 0.2) is 48.1 Å². The first-order chi connectivity index (χ1) is 18.0. The third-order valence-electron chi connectivity index (χ3n) is 6.59. The lowest BCUT2D eigenvalue weighted by Crippen LogP contribution is -2.20. The minimum absolute atomic E-state index is 0.112. The molecule has 0 saturated heterocycles. The molecule has 0 saturated carbocycles. The third kappa shape index (κ3) is 3.85. The van der Waals surface area contributed by atoms with Crippen LogP contribution in [0, 0.1) is 5.82 Å². The number of ether oxygens (including phenoxy) is 1. The predicted octanol–water partition coefficient (Wildman–Crippen LogP) is 2.76. The van der Waals surface area contributed by atoms with E-state index in [1.807, 2.05) is 0 Å². The van der Waals surface area contributed by atoms with Crippen LogP contribution >= 0.6 is 0 Å². The van der Waals surface area contributed by atoms with E-state index in [0.717, 1.165) is 11.8 Å². The summed E-state index contributed by atoms with van der Waals surface area (Å²) in [7, 11) is -3.73. The van der Waals surface area contributed by atoms with E-state index in [2.05, 4.69) is 25.4 Å². The molecule has 0 unspecified atom stereocenters. The Bertz CT molecular complexity index is 1840. The van der Waals surface area contributed by atoms with E-state index in [1.165, 1.54) is 33.8 Å². The highest BCUT2D eigenvalue weighted by Crippen LogP contribution is 2.35. The van der Waals surface area contributed by atoms with Gasteiger partial charge in [-0.15, -0.1) is 0 Å². The third-order valence-corrected chi connectivity index (χ3v) is 7.59. The number of anilines is 1. The molecule has 0 radical (unpaired) electrons. The van der Waals surface area contributed by atoms with Gasteiger partial charge in [-0.3, -0.25) is 4.40 Å². The zero-order valence-corrected chi connectivity index (χ0v) is 21.6. The van der Waals surface area contributed by atoms with E-state index < -0.39 is 15.4 Å². The van der Waals surface area contributed by atoms with Gasteiger partial charge in [0.2, 0.25) is 5.95 Å². The fourth-order valence-corrected chi connectivity index (χ4v) is 5.64. The van der Waals surface area contributed by atoms with Gasteiger partial charge in [0.25, 0.3) is 0 Å². The van der Waals surface area contributed by atoms with Gasteiger partial charge in [0.05, 0.1) is 17.8 Å². The van der Waals surface area contributed by atoms with Crippen molar-refractivity contribution in [3.63, 3.8) is 0 Å². The zero-order valence-electron chi connectivity index (χ0n) is 20.8. The van der Waals surface area contributed by atoms with Crippen LogP contribution in [0.25, 0.3) is 22.3 Å². The summed E-state index contributed by atoms with van der Waals surface area (Å²) >= 11 is 0. The van der Waals surface area contributed by atoms with Gasteiger partial charge in [0, 0.05) is 47.7 Å². The standard InChI is InChI=1S/C25H24FN7O4S/c1-25(2,34)20-7-4-15(22-29-12-31-33(20)22)17-11-28-24(32-13-30-23(21(17)32)38(3,35)36)27-10-16-14-8-9-37-19(14)6-5-18(16)26/h4-7,11-13,34H,8-10H2,1-3H3,(H,27,28). The molecule has 0 bridgehead atoms. The first-order valence-electron chi connectivity index (χ1n) is 11.8. The Kier molecular flexibility index (Phi) is 5.40. The van der Waals surface area contributed by atoms with Crippen molar-refractivity contribution in [3.05, 3.63) is 65.8 Å². The van der Waals surface area contributed by atoms with Gasteiger partial charge in [0.15, 0.2) is 20.5 Å². The van der Waals surface area contributed by atoms with Gasteiger partial charge < -0.3 is 15.2 Å². The summed E-state index contributed by atoms with van der Waals surface area (Å²) in [5.41, 5.74) is 2.28. The minimum Gasteiger partial charge on any atom is -0.493 e. The second kappa shape index (κ2) is 8.46. The van der Waals surface area contributed by atoms with Crippen LogP contribution in [0.5, 0.6) is 5.75 Å². The summed E-state index contributed by atoms with van der Waals surface area (Å²) in [5, 5.41) is 17.8. The Labute approximate surface area is 216 Å². The molecule has 1 aliphatic heterocycles. The van der Waals surface area contributed by atoms with E-state index in [-0.39, 0.29) is 28.9 Å². The van der Waals surface area contributed by atoms with Crippen molar-refractivity contribution >= 4 is 26.9 Å². The van der Waals surface area contributed by atoms with Crippen LogP contribution in [0.4, 0.5) is 10.3 Å². The fourth-order valence-electron chi connectivity index (χ4n) is 4.84. The molecule has 0 amide bonds. The van der Waals surface area contributed by atoms with Gasteiger partial charge in [0.1, 0.15) is 29.8 Å². The largest absolute Gasteiger partial charge is 0.493 e. The van der Waals surface area contributed by atoms with Crippen molar-refractivity contribution < 1.29 is 22.7 Å². The second-order valence-corrected chi connectivity index (χ2v) is 11.6. The summed E-state index contributed by atoms with van der Waals surface area (Å²) in [4.78, 5) is 13.1. The fraction of sp³-hybridized carbons (Fsp3) is 0.280. The number of imidazole rings is 1. The molecule has 5 aromatic rings. The first-order valence-corrected chi connectivity index (χ1v) is 13.7. The molecule has 0 atom stereocenters. The van der Waals surface area contributed by atoms with Crippen molar-refractivity contribution in [3.8, 4) is 16.9 Å². The number of nitrogens with one attached hydrogen (secondary N) is 1. The number of fused-ring (bicyclic) bond motifs is 3. The molecule has 2 N–H and O–H groups in total. The molecule has 0 aliphatic carbocycles. The number of benzene rings is 1. The molecule has 1 aromatic carbocycles. The molecule has 38 heavy (non-hydrogen) atoms. The maximum atomic E-state index is 14.7. The van der Waals surface area contributed by atoms with Crippen molar-refractivity contribution in [2.24, 2.45) is 0 Å². The van der Waals surface area contributed by atoms with Crippen LogP contribution in [0.2, 0.25) is 0 Å². The van der Waals surface area contributed by atoms with Crippen molar-refractivity contribution in [1.29, 1.82) is 0 Å². The highest BCUT2D eigenvalue weighted by Gasteiger charge is 2.26. The molecule has 11 nitrogen and oxygen atoms in total. The zero-order chi connectivity index (χ0) is 26.8. The summed E-state index contributed by atoms with van der Waals surface area (Å²) < 4.78 is 48.7. The van der Waals surface area contributed by atoms with E-state index in [9.17, 15) is 17.9 Å². The Morgan fingerprint density at radius 3 is 2.74 bits per heavy atom. The molecule has 4 aromatic heterocycles. The average molecular weight is 538 g/mol. The molecule has 196 valence electrons. The summed E-state index contributed by atoms with van der Waals surface area (Å²) in [6.45, 7) is 3.88. The Hall–Kier alpha value is -4.10. The molecule has 13 heteroatoms. The number of sulfone groups is 1. The van der Waals surface area contributed by atoms with E-state index in [0.29, 0.717) is 46.8 Å². The molecule has 0 spiro atoms. The van der Waals surface area contributed by atoms with E-state index in [1.54, 1.807) is 32.0 Å². The monoisotopic (exact) mass is 537 g/mol. The highest BCUT2D eigenvalue weighted by atomic mass is 32.2. The van der Waals surface area contributed by atoms with E-state index >= 15 is 0 Å². The van der Waals surface area contributed by atoms with Gasteiger partial charge in [-0.1, -0.05) is 0 Å². The second-order valence-electron chi connectivity index (χ2n) is 9.68. The maximum absolute atomic E-state index is 14.7. The molecular weight excluding hydrogens is 513 g/mol. The predicted molar refractivity (Wildman–Crippen MR) is 136 cm³/mol. The topological polar surface area (TPSA) is 136 Å². The summed E-state index contributed by atoms with van der Waals surface area (Å²) in [5.74, 6) is 0.580. The average Bonchev–Trinajstić information content (AvgIpc) is 3.61. The molecule has 5 heterocycles. The van der Waals surface area contributed by atoms with Crippen molar-refractivity contribution in [1.82, 2.24) is 29.0 Å². The number of halogens is 1. The van der Waals surface area contributed by atoms with Gasteiger partial charge in [-0.25, -0.2) is 32.3 Å². The number of aliphatic hydroxyl groups is 1. The lowest BCUT2D eigenvalue weighted by atomic mass is 10.0. The summed E-state index contributed by atoms with van der Waals surface area (Å²) in [6.07, 6.45) is 5.94. The highest BCUT2D eigenvalue weighted by molar-refractivity contribution is 7.90. The van der Waals surface area contributed by atoms with Crippen LogP contribution in [0.1, 0.15) is 30.7 Å². The summed E-state index contributed by atoms with van der Waals surface area (Å²) in [6, 6.07) is 6.43.